The van der Waals surface area contributed by atoms with Gasteiger partial charge in [0.15, 0.2) is 11.6 Å². The first-order valence-electron chi connectivity index (χ1n) is 9.12. The van der Waals surface area contributed by atoms with Crippen LogP contribution >= 0.6 is 0 Å². The second kappa shape index (κ2) is 6.53. The minimum atomic E-state index is -1.56. The molecule has 0 unspecified atom stereocenters. The summed E-state index contributed by atoms with van der Waals surface area (Å²) >= 11 is 0. The predicted molar refractivity (Wildman–Crippen MR) is 98.7 cm³/mol. The molecule has 2 aromatic rings. The number of hydrogen-bond acceptors (Lipinski definition) is 5. The molecule has 1 aliphatic heterocycles. The maximum absolute atomic E-state index is 15.0. The maximum Gasteiger partial charge on any atom is 0.511 e. The van der Waals surface area contributed by atoms with Crippen molar-refractivity contribution < 1.29 is 19.0 Å². The molecule has 1 saturated heterocycles. The number of ether oxygens (including phenoxy) is 1. The number of likely N-dealkylation sites (N-methyl/N-ethyl adjacent to an activating group) is 1. The first-order valence-corrected chi connectivity index (χ1v) is 9.12. The van der Waals surface area contributed by atoms with Crippen molar-refractivity contribution in [3.8, 4) is 5.75 Å². The topological polar surface area (TPSA) is 83.3 Å². The van der Waals surface area contributed by atoms with E-state index in [0.717, 1.165) is 37.6 Å². The molecule has 0 radical (unpaired) electrons. The SMILES string of the molecule is CN[C@H]1CCN(c2c(F)cn3c(=O)c(OC(=O)O)cc(C4CC4)c3c2C)C1. The quantitative estimate of drug-likeness (QED) is 0.799. The molecule has 4 rings (SSSR count). The number of anilines is 1. The number of aromatic nitrogens is 1. The summed E-state index contributed by atoms with van der Waals surface area (Å²) in [5.41, 5.74) is 2.05. The number of halogens is 1. The number of rotatable bonds is 4. The second-order valence-electron chi connectivity index (χ2n) is 7.30. The van der Waals surface area contributed by atoms with E-state index in [9.17, 15) is 9.59 Å². The van der Waals surface area contributed by atoms with E-state index in [-0.39, 0.29) is 11.7 Å². The summed E-state index contributed by atoms with van der Waals surface area (Å²) in [4.78, 5) is 25.6. The highest BCUT2D eigenvalue weighted by Crippen LogP contribution is 2.44. The highest BCUT2D eigenvalue weighted by Gasteiger charge is 2.31. The fourth-order valence-electron chi connectivity index (χ4n) is 4.08. The molecule has 7 nitrogen and oxygen atoms in total. The number of nitrogens with one attached hydrogen (secondary N) is 1. The Kier molecular flexibility index (Phi) is 4.30. The van der Waals surface area contributed by atoms with Crippen molar-refractivity contribution in [2.75, 3.05) is 25.0 Å². The van der Waals surface area contributed by atoms with Crippen LogP contribution in [0.3, 0.4) is 0 Å². The van der Waals surface area contributed by atoms with Crippen molar-refractivity contribution in [2.45, 2.75) is 38.1 Å². The van der Waals surface area contributed by atoms with Gasteiger partial charge >= 0.3 is 6.16 Å². The van der Waals surface area contributed by atoms with Crippen molar-refractivity contribution in [3.05, 3.63) is 39.6 Å². The van der Waals surface area contributed by atoms with Crippen molar-refractivity contribution in [1.29, 1.82) is 0 Å². The third kappa shape index (κ3) is 3.03. The standard InChI is InChI=1S/C19H22FN3O4/c1-10-16-13(11-3-4-11)7-15(27-19(25)26)18(24)23(16)9-14(20)17(10)22-6-5-12(8-22)21-2/h7,9,11-12,21H,3-6,8H2,1-2H3,(H,25,26)/t12-/m0/s1. The molecule has 2 fully saturated rings. The molecular weight excluding hydrogens is 353 g/mol. The van der Waals surface area contributed by atoms with Gasteiger partial charge in [0.05, 0.1) is 17.4 Å². The van der Waals surface area contributed by atoms with Crippen LogP contribution in [0.15, 0.2) is 17.1 Å². The van der Waals surface area contributed by atoms with Crippen LogP contribution in [0.2, 0.25) is 0 Å². The van der Waals surface area contributed by atoms with Gasteiger partial charge in [0, 0.05) is 19.1 Å². The lowest BCUT2D eigenvalue weighted by molar-refractivity contribution is 0.143. The minimum absolute atomic E-state index is 0.234. The van der Waals surface area contributed by atoms with Gasteiger partial charge < -0.3 is 20.1 Å². The lowest BCUT2D eigenvalue weighted by Crippen LogP contribution is -2.30. The molecule has 0 amide bonds. The first-order chi connectivity index (χ1) is 12.9. The van der Waals surface area contributed by atoms with Crippen molar-refractivity contribution in [2.24, 2.45) is 0 Å². The van der Waals surface area contributed by atoms with E-state index in [1.54, 1.807) is 0 Å². The first kappa shape index (κ1) is 17.8. The van der Waals surface area contributed by atoms with Crippen LogP contribution in [0.25, 0.3) is 5.52 Å². The van der Waals surface area contributed by atoms with Crippen LogP contribution in [0, 0.1) is 12.7 Å². The summed E-state index contributed by atoms with van der Waals surface area (Å²) < 4.78 is 20.9. The number of hydrogen-bond donors (Lipinski definition) is 2. The molecule has 2 aromatic heterocycles. The Labute approximate surface area is 155 Å². The number of nitrogens with zero attached hydrogens (tertiary/aromatic N) is 2. The van der Waals surface area contributed by atoms with Crippen molar-refractivity contribution in [1.82, 2.24) is 9.72 Å². The van der Waals surface area contributed by atoms with Crippen LogP contribution in [0.4, 0.5) is 14.9 Å². The summed E-state index contributed by atoms with van der Waals surface area (Å²) in [5, 5.41) is 12.1. The predicted octanol–water partition coefficient (Wildman–Crippen LogP) is 2.48. The summed E-state index contributed by atoms with van der Waals surface area (Å²) in [5.74, 6) is -0.546. The molecule has 1 aliphatic carbocycles. The van der Waals surface area contributed by atoms with E-state index in [1.165, 1.54) is 10.5 Å². The average molecular weight is 375 g/mol. The van der Waals surface area contributed by atoms with E-state index in [1.807, 2.05) is 18.9 Å². The fraction of sp³-hybridized carbons (Fsp3) is 0.474. The van der Waals surface area contributed by atoms with Crippen LogP contribution in [-0.4, -0.2) is 41.8 Å². The van der Waals surface area contributed by atoms with Gasteiger partial charge in [0.25, 0.3) is 5.56 Å². The summed E-state index contributed by atoms with van der Waals surface area (Å²) in [7, 11) is 1.90. The Hall–Kier alpha value is -2.61. The van der Waals surface area contributed by atoms with E-state index in [0.29, 0.717) is 29.4 Å². The second-order valence-corrected chi connectivity index (χ2v) is 7.30. The monoisotopic (exact) mass is 375 g/mol. The maximum atomic E-state index is 15.0. The molecule has 2 aliphatic rings. The lowest BCUT2D eigenvalue weighted by atomic mass is 10.0. The highest BCUT2D eigenvalue weighted by molar-refractivity contribution is 5.74. The molecule has 8 heteroatoms. The van der Waals surface area contributed by atoms with E-state index >= 15 is 4.39 Å². The summed E-state index contributed by atoms with van der Waals surface area (Å²) in [6.07, 6.45) is 2.44. The number of carbonyl (C=O) groups is 1. The Morgan fingerprint density at radius 2 is 2.11 bits per heavy atom. The summed E-state index contributed by atoms with van der Waals surface area (Å²) in [6, 6.07) is 1.81. The normalized spacial score (nSPS) is 19.7. The third-order valence-electron chi connectivity index (χ3n) is 5.54. The van der Waals surface area contributed by atoms with Gasteiger partial charge in [-0.15, -0.1) is 0 Å². The zero-order valence-electron chi connectivity index (χ0n) is 15.3. The molecule has 0 spiro atoms. The van der Waals surface area contributed by atoms with Gasteiger partial charge in [-0.05, 0) is 56.3 Å². The van der Waals surface area contributed by atoms with Crippen molar-refractivity contribution in [3.63, 3.8) is 0 Å². The molecule has 27 heavy (non-hydrogen) atoms. The van der Waals surface area contributed by atoms with Gasteiger partial charge in [-0.25, -0.2) is 9.18 Å². The van der Waals surface area contributed by atoms with E-state index in [4.69, 9.17) is 5.11 Å². The largest absolute Gasteiger partial charge is 0.511 e. The van der Waals surface area contributed by atoms with Gasteiger partial charge in [-0.3, -0.25) is 9.20 Å². The van der Waals surface area contributed by atoms with E-state index < -0.39 is 17.5 Å². The molecule has 1 saturated carbocycles. The Balaban J connectivity index is 1.93. The average Bonchev–Trinajstić information content (AvgIpc) is 3.35. The minimum Gasteiger partial charge on any atom is -0.449 e. The molecule has 1 atom stereocenters. The van der Waals surface area contributed by atoms with Crippen molar-refractivity contribution >= 4 is 17.4 Å². The number of aryl methyl sites for hydroxylation is 1. The highest BCUT2D eigenvalue weighted by atomic mass is 19.1. The molecule has 0 bridgehead atoms. The van der Waals surface area contributed by atoms with Gasteiger partial charge in [0.2, 0.25) is 0 Å². The number of pyridine rings is 2. The zero-order chi connectivity index (χ0) is 19.3. The molecule has 144 valence electrons. The smallest absolute Gasteiger partial charge is 0.449 e. The van der Waals surface area contributed by atoms with Gasteiger partial charge in [-0.1, -0.05) is 0 Å². The summed E-state index contributed by atoms with van der Waals surface area (Å²) in [6.45, 7) is 3.26. The number of carboxylic acid groups (broad SMARTS) is 1. The third-order valence-corrected chi connectivity index (χ3v) is 5.54. The van der Waals surface area contributed by atoms with Crippen LogP contribution in [0.1, 0.15) is 36.3 Å². The molecular formula is C19H22FN3O4. The zero-order valence-corrected chi connectivity index (χ0v) is 15.3. The van der Waals surface area contributed by atoms with Crippen LogP contribution < -0.4 is 20.5 Å². The van der Waals surface area contributed by atoms with Gasteiger partial charge in [0.1, 0.15) is 0 Å². The fourth-order valence-corrected chi connectivity index (χ4v) is 4.08. The van der Waals surface area contributed by atoms with E-state index in [2.05, 4.69) is 10.1 Å². The van der Waals surface area contributed by atoms with Crippen LogP contribution in [-0.2, 0) is 0 Å². The Morgan fingerprint density at radius 3 is 2.70 bits per heavy atom. The lowest BCUT2D eigenvalue weighted by Gasteiger charge is -2.24. The van der Waals surface area contributed by atoms with Crippen LogP contribution in [0.5, 0.6) is 5.75 Å². The number of fused-ring (bicyclic) bond motifs is 1. The Bertz CT molecular complexity index is 983. The molecule has 0 aromatic carbocycles. The Morgan fingerprint density at radius 1 is 1.37 bits per heavy atom. The van der Waals surface area contributed by atoms with Gasteiger partial charge in [-0.2, -0.15) is 0 Å². The molecule has 2 N–H and O–H groups in total. The molecule has 3 heterocycles.